The van der Waals surface area contributed by atoms with Gasteiger partial charge in [-0.3, -0.25) is 14.6 Å². The van der Waals surface area contributed by atoms with Gasteiger partial charge in [0.25, 0.3) is 0 Å². The quantitative estimate of drug-likeness (QED) is 0.348. The van der Waals surface area contributed by atoms with Gasteiger partial charge < -0.3 is 9.72 Å². The van der Waals surface area contributed by atoms with Crippen LogP contribution in [-0.2, 0) is 9.59 Å². The number of nitrogens with one attached hydrogen (secondary N) is 1. The van der Waals surface area contributed by atoms with Crippen LogP contribution in [0.5, 0.6) is 5.75 Å². The van der Waals surface area contributed by atoms with Gasteiger partial charge in [-0.2, -0.15) is 0 Å². The van der Waals surface area contributed by atoms with Gasteiger partial charge in [-0.25, -0.2) is 0 Å². The van der Waals surface area contributed by atoms with E-state index in [0.29, 0.717) is 29.0 Å². The lowest BCUT2D eigenvalue weighted by Gasteiger charge is -2.31. The predicted octanol–water partition coefficient (Wildman–Crippen LogP) is 6.40. The molecule has 4 aromatic rings. The summed E-state index contributed by atoms with van der Waals surface area (Å²) in [6.45, 7) is 3.43. The summed E-state index contributed by atoms with van der Waals surface area (Å²) in [5.41, 5.74) is 5.66. The molecule has 1 aliphatic heterocycles. The molecule has 1 saturated carbocycles. The number of ether oxygens (including phenoxy) is 1. The molecule has 0 amide bonds. The molecule has 2 aliphatic rings. The summed E-state index contributed by atoms with van der Waals surface area (Å²) in [5.74, 6) is -0.378. The van der Waals surface area contributed by atoms with Crippen molar-refractivity contribution in [2.24, 2.45) is 10.9 Å². The highest BCUT2D eigenvalue weighted by molar-refractivity contribution is 6.25. The number of hydrogen-bond acceptors (Lipinski definition) is 4. The van der Waals surface area contributed by atoms with Crippen molar-refractivity contribution in [3.63, 3.8) is 0 Å². The number of hydrogen-bond donors (Lipinski definition) is 1. The number of aromatic nitrogens is 1. The molecule has 2 atom stereocenters. The largest absolute Gasteiger partial charge is 0.496 e. The Bertz CT molecular complexity index is 1670. The lowest BCUT2D eigenvalue weighted by molar-refractivity contribution is -0.117. The Hall–Kier alpha value is -4.25. The van der Waals surface area contributed by atoms with Crippen LogP contribution in [0.1, 0.15) is 37.3 Å². The van der Waals surface area contributed by atoms with Gasteiger partial charge in [0.1, 0.15) is 5.75 Å². The first-order valence-corrected chi connectivity index (χ1v) is 12.1. The van der Waals surface area contributed by atoms with Crippen molar-refractivity contribution < 1.29 is 14.3 Å². The SMILES string of the molecule is COc1ccc2ccccc2c1C1C(C(C)=O)=C(C)N=C2C/C(=C\c3c[nH]c4ccccc34)C(=O)C21. The van der Waals surface area contributed by atoms with E-state index >= 15 is 0 Å². The number of H-pyrrole nitrogens is 1. The van der Waals surface area contributed by atoms with Crippen molar-refractivity contribution >= 4 is 45.0 Å². The monoisotopic (exact) mass is 474 g/mol. The average molecular weight is 475 g/mol. The zero-order valence-corrected chi connectivity index (χ0v) is 20.5. The number of aromatic amines is 1. The van der Waals surface area contributed by atoms with Crippen molar-refractivity contribution in [2.45, 2.75) is 26.2 Å². The fourth-order valence-electron chi connectivity index (χ4n) is 5.95. The molecule has 6 rings (SSSR count). The first-order chi connectivity index (χ1) is 17.5. The molecule has 1 N–H and O–H groups in total. The van der Waals surface area contributed by atoms with Crippen LogP contribution < -0.4 is 4.74 Å². The minimum Gasteiger partial charge on any atom is -0.496 e. The molecule has 1 aliphatic carbocycles. The van der Waals surface area contributed by atoms with Gasteiger partial charge in [0.15, 0.2) is 11.6 Å². The van der Waals surface area contributed by atoms with E-state index in [1.54, 1.807) is 14.0 Å². The van der Waals surface area contributed by atoms with Crippen LogP contribution in [0.25, 0.3) is 27.8 Å². The van der Waals surface area contributed by atoms with Gasteiger partial charge >= 0.3 is 0 Å². The maximum atomic E-state index is 14.1. The van der Waals surface area contributed by atoms with Crippen molar-refractivity contribution in [2.75, 3.05) is 7.11 Å². The third-order valence-corrected chi connectivity index (χ3v) is 7.47. The van der Waals surface area contributed by atoms with E-state index in [-0.39, 0.29) is 11.6 Å². The van der Waals surface area contributed by atoms with Crippen molar-refractivity contribution in [3.8, 4) is 5.75 Å². The number of para-hydroxylation sites is 1. The van der Waals surface area contributed by atoms with Crippen LogP contribution in [0.4, 0.5) is 0 Å². The summed E-state index contributed by atoms with van der Waals surface area (Å²) >= 11 is 0. The fourth-order valence-corrected chi connectivity index (χ4v) is 5.95. The van der Waals surface area contributed by atoms with Gasteiger partial charge in [-0.1, -0.05) is 48.5 Å². The molecule has 5 nitrogen and oxygen atoms in total. The maximum absolute atomic E-state index is 14.1. The van der Waals surface area contributed by atoms with Gasteiger partial charge in [-0.15, -0.1) is 0 Å². The molecule has 1 fully saturated rings. The Labute approximate surface area is 209 Å². The van der Waals surface area contributed by atoms with Gasteiger partial charge in [-0.05, 0) is 42.8 Å². The van der Waals surface area contributed by atoms with E-state index in [0.717, 1.165) is 38.5 Å². The molecular weight excluding hydrogens is 448 g/mol. The number of rotatable bonds is 4. The number of allylic oxidation sites excluding steroid dienone is 3. The first kappa shape index (κ1) is 22.2. The molecule has 5 heteroatoms. The molecule has 1 aromatic heterocycles. The first-order valence-electron chi connectivity index (χ1n) is 12.1. The number of ketones is 2. The molecular formula is C31H26N2O3. The lowest BCUT2D eigenvalue weighted by atomic mass is 9.73. The third-order valence-electron chi connectivity index (χ3n) is 7.47. The number of carbonyl (C=O) groups is 2. The summed E-state index contributed by atoms with van der Waals surface area (Å²) in [7, 11) is 1.63. The van der Waals surface area contributed by atoms with E-state index in [9.17, 15) is 9.59 Å². The number of Topliss-reactive ketones (excluding diaryl/α,β-unsaturated/α-hetero) is 2. The third kappa shape index (κ3) is 3.34. The van der Waals surface area contributed by atoms with E-state index < -0.39 is 11.8 Å². The Morgan fingerprint density at radius 2 is 1.78 bits per heavy atom. The lowest BCUT2D eigenvalue weighted by Crippen LogP contribution is -2.31. The molecule has 3 aromatic carbocycles. The highest BCUT2D eigenvalue weighted by Crippen LogP contribution is 2.49. The zero-order chi connectivity index (χ0) is 25.0. The molecule has 0 radical (unpaired) electrons. The number of methoxy groups -OCH3 is 1. The Balaban J connectivity index is 1.55. The second kappa shape index (κ2) is 8.45. The summed E-state index contributed by atoms with van der Waals surface area (Å²) in [5, 5.41) is 3.09. The molecule has 0 spiro atoms. The van der Waals surface area contributed by atoms with Crippen molar-refractivity contribution in [3.05, 3.63) is 94.8 Å². The minimum absolute atomic E-state index is 0.0188. The summed E-state index contributed by atoms with van der Waals surface area (Å²) in [6.07, 6.45) is 4.38. The van der Waals surface area contributed by atoms with Crippen LogP contribution in [0.15, 0.2) is 88.7 Å². The number of aliphatic imine (C=N–C) groups is 1. The molecule has 2 unspecified atom stereocenters. The van der Waals surface area contributed by atoms with Crippen LogP contribution in [0.2, 0.25) is 0 Å². The average Bonchev–Trinajstić information content (AvgIpc) is 3.43. The van der Waals surface area contributed by atoms with Crippen LogP contribution in [-0.4, -0.2) is 29.4 Å². The molecule has 178 valence electrons. The van der Waals surface area contributed by atoms with E-state index in [4.69, 9.17) is 9.73 Å². The Morgan fingerprint density at radius 3 is 2.56 bits per heavy atom. The van der Waals surface area contributed by atoms with Gasteiger partial charge in [0.05, 0.1) is 13.0 Å². The maximum Gasteiger partial charge on any atom is 0.168 e. The van der Waals surface area contributed by atoms with Crippen molar-refractivity contribution in [1.82, 2.24) is 4.98 Å². The minimum atomic E-state index is -0.538. The molecule has 36 heavy (non-hydrogen) atoms. The van der Waals surface area contributed by atoms with Gasteiger partial charge in [0, 0.05) is 63.1 Å². The fraction of sp³-hybridized carbons (Fsp3) is 0.194. The number of carbonyl (C=O) groups excluding carboxylic acids is 2. The van der Waals surface area contributed by atoms with Gasteiger partial charge in [0.2, 0.25) is 0 Å². The second-order valence-electron chi connectivity index (χ2n) is 9.52. The summed E-state index contributed by atoms with van der Waals surface area (Å²) in [6, 6.07) is 20.0. The summed E-state index contributed by atoms with van der Waals surface area (Å²) in [4.78, 5) is 35.2. The number of nitrogens with zero attached hydrogens (tertiary/aromatic N) is 1. The Morgan fingerprint density at radius 1 is 1.03 bits per heavy atom. The Kier molecular flexibility index (Phi) is 5.22. The van der Waals surface area contributed by atoms with E-state index in [2.05, 4.69) is 4.98 Å². The van der Waals surface area contributed by atoms with E-state index in [1.165, 1.54) is 0 Å². The molecule has 0 saturated heterocycles. The topological polar surface area (TPSA) is 71.5 Å². The van der Waals surface area contributed by atoms with Crippen molar-refractivity contribution in [1.29, 1.82) is 0 Å². The second-order valence-corrected chi connectivity index (χ2v) is 9.52. The predicted molar refractivity (Wildman–Crippen MR) is 143 cm³/mol. The highest BCUT2D eigenvalue weighted by Gasteiger charge is 2.47. The smallest absolute Gasteiger partial charge is 0.168 e. The zero-order valence-electron chi connectivity index (χ0n) is 20.5. The molecule has 0 bridgehead atoms. The number of fused-ring (bicyclic) bond motifs is 3. The standard InChI is InChI=1S/C31H26N2O3/c1-17-27(18(2)34)30(28-23-10-5-4-8-19(23)12-13-26(28)36-3)29-25(33-17)15-20(31(29)35)14-21-16-32-24-11-7-6-9-22(21)24/h4-14,16,29-30,32H,15H2,1-3H3/b20-14+. The molecule has 2 heterocycles. The highest BCUT2D eigenvalue weighted by atomic mass is 16.5. The van der Waals surface area contributed by atoms with E-state index in [1.807, 2.05) is 79.9 Å². The normalized spacial score (nSPS) is 20.8. The number of benzene rings is 3. The van der Waals surface area contributed by atoms with Crippen LogP contribution in [0, 0.1) is 5.92 Å². The van der Waals surface area contributed by atoms with Crippen LogP contribution in [0.3, 0.4) is 0 Å². The van der Waals surface area contributed by atoms with Crippen LogP contribution >= 0.6 is 0 Å². The summed E-state index contributed by atoms with van der Waals surface area (Å²) < 4.78 is 5.81.